The smallest absolute Gasteiger partial charge is 0.253 e. The van der Waals surface area contributed by atoms with E-state index >= 15 is 0 Å². The summed E-state index contributed by atoms with van der Waals surface area (Å²) in [6.07, 6.45) is 0. The monoisotopic (exact) mass is 535 g/mol. The Morgan fingerprint density at radius 2 is 1.88 bits per heavy atom. The summed E-state index contributed by atoms with van der Waals surface area (Å²) in [6.45, 7) is 5.83. The van der Waals surface area contributed by atoms with Crippen LogP contribution in [0.5, 0.6) is 0 Å². The maximum absolute atomic E-state index is 12.5. The summed E-state index contributed by atoms with van der Waals surface area (Å²) in [5.41, 5.74) is 3.37. The zero-order valence-electron chi connectivity index (χ0n) is 18.1. The Bertz CT molecular complexity index is 1170. The van der Waals surface area contributed by atoms with Crippen molar-refractivity contribution in [2.24, 2.45) is 7.05 Å². The van der Waals surface area contributed by atoms with Crippen LogP contribution in [0.2, 0.25) is 5.02 Å². The fourth-order valence-corrected chi connectivity index (χ4v) is 4.50. The number of nitrogens with zero attached hydrogens (tertiary/aromatic N) is 3. The third kappa shape index (κ3) is 5.70. The molecule has 0 aliphatic carbocycles. The van der Waals surface area contributed by atoms with Gasteiger partial charge in [-0.1, -0.05) is 35.5 Å². The van der Waals surface area contributed by atoms with Crippen molar-refractivity contribution >= 4 is 56.8 Å². The summed E-state index contributed by atoms with van der Waals surface area (Å²) in [7, 11) is 1.80. The highest BCUT2D eigenvalue weighted by molar-refractivity contribution is 9.10. The second kappa shape index (κ2) is 10.5. The minimum atomic E-state index is -0.397. The number of aryl methyl sites for hydroxylation is 2. The number of hydrogen-bond donors (Lipinski definition) is 2. The van der Waals surface area contributed by atoms with E-state index in [-0.39, 0.29) is 17.6 Å². The minimum absolute atomic E-state index is 0.149. The highest BCUT2D eigenvalue weighted by Crippen LogP contribution is 2.27. The number of anilines is 1. The summed E-state index contributed by atoms with van der Waals surface area (Å²) < 4.78 is 2.60. The molecule has 1 heterocycles. The molecule has 0 saturated carbocycles. The Morgan fingerprint density at radius 3 is 2.59 bits per heavy atom. The van der Waals surface area contributed by atoms with E-state index in [0.29, 0.717) is 21.6 Å². The number of rotatable bonds is 7. The van der Waals surface area contributed by atoms with E-state index in [1.54, 1.807) is 35.9 Å². The summed E-state index contributed by atoms with van der Waals surface area (Å²) in [5, 5.41) is 15.1. The molecule has 0 spiro atoms. The van der Waals surface area contributed by atoms with Crippen molar-refractivity contribution in [3.8, 4) is 0 Å². The van der Waals surface area contributed by atoms with Crippen LogP contribution >= 0.6 is 39.3 Å². The molecule has 0 bridgehead atoms. The summed E-state index contributed by atoms with van der Waals surface area (Å²) in [6, 6.07) is 10.4. The molecule has 1 atom stereocenters. The Kier molecular flexibility index (Phi) is 7.97. The number of hydrogen-bond acceptors (Lipinski definition) is 5. The van der Waals surface area contributed by atoms with Gasteiger partial charge in [0.05, 0.1) is 28.1 Å². The van der Waals surface area contributed by atoms with Crippen LogP contribution in [0, 0.1) is 13.8 Å². The van der Waals surface area contributed by atoms with Gasteiger partial charge in [0.2, 0.25) is 5.91 Å². The van der Waals surface area contributed by atoms with E-state index < -0.39 is 6.04 Å². The van der Waals surface area contributed by atoms with Gasteiger partial charge >= 0.3 is 0 Å². The largest absolute Gasteiger partial charge is 0.342 e. The van der Waals surface area contributed by atoms with Crippen molar-refractivity contribution < 1.29 is 9.59 Å². The molecule has 0 saturated heterocycles. The standard InChI is InChI=1S/C22H23BrClN5O2S/c1-12-9-16(23)18(10-13(12)2)26-19(30)11-32-22-28-27-20(29(22)4)14(3)25-21(31)15-7-5-6-8-17(15)24/h5-10,14H,11H2,1-4H3,(H,25,31)(H,26,30)/t14-/m1/s1. The molecule has 0 unspecified atom stereocenters. The lowest BCUT2D eigenvalue weighted by Gasteiger charge is -2.14. The molecule has 1 aromatic heterocycles. The second-order valence-corrected chi connectivity index (χ2v) is 9.53. The number of thioether (sulfide) groups is 1. The van der Waals surface area contributed by atoms with E-state index in [9.17, 15) is 9.59 Å². The van der Waals surface area contributed by atoms with Gasteiger partial charge in [0.15, 0.2) is 11.0 Å². The van der Waals surface area contributed by atoms with Crippen molar-refractivity contribution in [1.29, 1.82) is 0 Å². The van der Waals surface area contributed by atoms with Crippen LogP contribution in [0.15, 0.2) is 46.0 Å². The highest BCUT2D eigenvalue weighted by atomic mass is 79.9. The number of amides is 2. The fourth-order valence-electron chi connectivity index (χ4n) is 3.01. The molecule has 0 radical (unpaired) electrons. The average Bonchev–Trinajstić information content (AvgIpc) is 3.11. The Hall–Kier alpha value is -2.36. The first-order valence-electron chi connectivity index (χ1n) is 9.81. The van der Waals surface area contributed by atoms with Crippen LogP contribution in [0.1, 0.15) is 40.3 Å². The number of aromatic nitrogens is 3. The summed E-state index contributed by atoms with van der Waals surface area (Å²) in [4.78, 5) is 25.0. The second-order valence-electron chi connectivity index (χ2n) is 7.33. The van der Waals surface area contributed by atoms with Crippen LogP contribution in [-0.4, -0.2) is 32.3 Å². The number of carbonyl (C=O) groups excluding carboxylic acids is 2. The van der Waals surface area contributed by atoms with Gasteiger partial charge in [-0.15, -0.1) is 10.2 Å². The van der Waals surface area contributed by atoms with Crippen molar-refractivity contribution in [3.63, 3.8) is 0 Å². The van der Waals surface area contributed by atoms with Crippen molar-refractivity contribution in [2.75, 3.05) is 11.1 Å². The predicted octanol–water partition coefficient (Wildman–Crippen LogP) is 5.07. The number of carbonyl (C=O) groups is 2. The number of nitrogens with one attached hydrogen (secondary N) is 2. The molecule has 3 rings (SSSR count). The van der Waals surface area contributed by atoms with Gasteiger partial charge in [0.25, 0.3) is 5.91 Å². The Labute approximate surface area is 204 Å². The molecule has 32 heavy (non-hydrogen) atoms. The van der Waals surface area contributed by atoms with Crippen LogP contribution < -0.4 is 10.6 Å². The average molecular weight is 537 g/mol. The van der Waals surface area contributed by atoms with Crippen molar-refractivity contribution in [1.82, 2.24) is 20.1 Å². The first-order valence-corrected chi connectivity index (χ1v) is 12.0. The van der Waals surface area contributed by atoms with Gasteiger partial charge in [0, 0.05) is 11.5 Å². The first kappa shape index (κ1) is 24.3. The Balaban J connectivity index is 1.61. The predicted molar refractivity (Wildman–Crippen MR) is 131 cm³/mol. The highest BCUT2D eigenvalue weighted by Gasteiger charge is 2.20. The molecule has 0 aliphatic rings. The minimum Gasteiger partial charge on any atom is -0.342 e. The molecule has 0 fully saturated rings. The molecule has 2 aromatic carbocycles. The third-order valence-corrected chi connectivity index (χ3v) is 6.92. The van der Waals surface area contributed by atoms with Crippen molar-refractivity contribution in [3.05, 3.63) is 68.4 Å². The topological polar surface area (TPSA) is 88.9 Å². The molecular formula is C22H23BrClN5O2S. The SMILES string of the molecule is Cc1cc(Br)c(NC(=O)CSc2nnc([C@@H](C)NC(=O)c3ccccc3Cl)n2C)cc1C. The number of benzene rings is 2. The van der Waals surface area contributed by atoms with E-state index in [0.717, 1.165) is 21.3 Å². The Morgan fingerprint density at radius 1 is 1.19 bits per heavy atom. The molecular weight excluding hydrogens is 514 g/mol. The van der Waals surface area contributed by atoms with Gasteiger partial charge < -0.3 is 15.2 Å². The molecule has 7 nitrogen and oxygen atoms in total. The summed E-state index contributed by atoms with van der Waals surface area (Å²) in [5.74, 6) is 0.304. The molecule has 2 N–H and O–H groups in total. The molecule has 2 amide bonds. The third-order valence-electron chi connectivity index (χ3n) is 4.91. The van der Waals surface area contributed by atoms with E-state index in [1.807, 2.05) is 32.9 Å². The van der Waals surface area contributed by atoms with Gasteiger partial charge in [-0.05, 0) is 72.1 Å². The van der Waals surface area contributed by atoms with Crippen LogP contribution in [0.3, 0.4) is 0 Å². The maximum Gasteiger partial charge on any atom is 0.253 e. The van der Waals surface area contributed by atoms with E-state index in [4.69, 9.17) is 11.6 Å². The van der Waals surface area contributed by atoms with Gasteiger partial charge in [-0.25, -0.2) is 0 Å². The van der Waals surface area contributed by atoms with E-state index in [1.165, 1.54) is 11.8 Å². The lowest BCUT2D eigenvalue weighted by Crippen LogP contribution is -2.28. The quantitative estimate of drug-likeness (QED) is 0.412. The number of halogens is 2. The molecule has 0 aliphatic heterocycles. The van der Waals surface area contributed by atoms with Gasteiger partial charge in [-0.3, -0.25) is 9.59 Å². The fraction of sp³-hybridized carbons (Fsp3) is 0.273. The van der Waals surface area contributed by atoms with Crippen LogP contribution in [-0.2, 0) is 11.8 Å². The zero-order valence-corrected chi connectivity index (χ0v) is 21.2. The zero-order chi connectivity index (χ0) is 23.4. The summed E-state index contributed by atoms with van der Waals surface area (Å²) >= 11 is 10.9. The van der Waals surface area contributed by atoms with Gasteiger partial charge in [-0.2, -0.15) is 0 Å². The lowest BCUT2D eigenvalue weighted by molar-refractivity contribution is -0.113. The molecule has 3 aromatic rings. The first-order chi connectivity index (χ1) is 15.2. The maximum atomic E-state index is 12.5. The van der Waals surface area contributed by atoms with Crippen LogP contribution in [0.25, 0.3) is 0 Å². The normalized spacial score (nSPS) is 11.8. The van der Waals surface area contributed by atoms with Crippen LogP contribution in [0.4, 0.5) is 5.69 Å². The molecule has 10 heteroatoms. The molecule has 168 valence electrons. The van der Waals surface area contributed by atoms with E-state index in [2.05, 4.69) is 36.8 Å². The van der Waals surface area contributed by atoms with Gasteiger partial charge in [0.1, 0.15) is 0 Å². The van der Waals surface area contributed by atoms with Crippen molar-refractivity contribution in [2.45, 2.75) is 32.0 Å². The lowest BCUT2D eigenvalue weighted by atomic mass is 10.1.